The second-order valence-corrected chi connectivity index (χ2v) is 3.54. The number of phenols is 1. The summed E-state index contributed by atoms with van der Waals surface area (Å²) in [5.41, 5.74) is 0.893. The highest BCUT2D eigenvalue weighted by Crippen LogP contribution is 2.21. The smallest absolute Gasteiger partial charge is 0.328 e. The van der Waals surface area contributed by atoms with Crippen LogP contribution >= 0.6 is 0 Å². The lowest BCUT2D eigenvalue weighted by Gasteiger charge is -2.07. The molecular formula is C13H14O5. The van der Waals surface area contributed by atoms with E-state index in [1.165, 1.54) is 12.1 Å². The van der Waals surface area contributed by atoms with E-state index in [0.29, 0.717) is 11.1 Å². The fraction of sp³-hybridized carbons (Fsp3) is 0.231. The molecule has 0 amide bonds. The Bertz CT molecular complexity index is 459. The highest BCUT2D eigenvalue weighted by atomic mass is 16.5. The van der Waals surface area contributed by atoms with Crippen LogP contribution < -0.4 is 0 Å². The Morgan fingerprint density at radius 2 is 1.89 bits per heavy atom. The third-order valence-electron chi connectivity index (χ3n) is 2.18. The molecule has 5 nitrogen and oxygen atoms in total. The van der Waals surface area contributed by atoms with E-state index in [1.807, 2.05) is 0 Å². The lowest BCUT2D eigenvalue weighted by Crippen LogP contribution is -2.06. The van der Waals surface area contributed by atoms with Crippen molar-refractivity contribution in [2.24, 2.45) is 0 Å². The zero-order valence-corrected chi connectivity index (χ0v) is 9.92. The third-order valence-corrected chi connectivity index (χ3v) is 2.18. The molecule has 0 aromatic heterocycles. The lowest BCUT2D eigenvalue weighted by atomic mass is 10.0. The maximum absolute atomic E-state index is 11.4. The van der Waals surface area contributed by atoms with Crippen LogP contribution in [0.25, 0.3) is 5.57 Å². The van der Waals surface area contributed by atoms with E-state index in [0.717, 1.165) is 6.08 Å². The van der Waals surface area contributed by atoms with Crippen molar-refractivity contribution >= 4 is 17.5 Å². The zero-order chi connectivity index (χ0) is 13.5. The fourth-order valence-corrected chi connectivity index (χ4v) is 1.43. The number of hydrogen-bond acceptors (Lipinski definition) is 4. The van der Waals surface area contributed by atoms with Gasteiger partial charge in [0, 0.05) is 6.08 Å². The molecule has 0 spiro atoms. The minimum atomic E-state index is -1.14. The van der Waals surface area contributed by atoms with Gasteiger partial charge in [-0.25, -0.2) is 4.79 Å². The molecule has 0 unspecified atom stereocenters. The summed E-state index contributed by atoms with van der Waals surface area (Å²) >= 11 is 0. The largest absolute Gasteiger partial charge is 0.508 e. The van der Waals surface area contributed by atoms with E-state index >= 15 is 0 Å². The summed E-state index contributed by atoms with van der Waals surface area (Å²) in [6, 6.07) is 5.94. The average Bonchev–Trinajstić information content (AvgIpc) is 2.28. The van der Waals surface area contributed by atoms with Gasteiger partial charge in [0.2, 0.25) is 0 Å². The molecule has 0 aliphatic rings. The zero-order valence-electron chi connectivity index (χ0n) is 9.92. The summed E-state index contributed by atoms with van der Waals surface area (Å²) in [6.07, 6.45) is 0.841. The molecule has 0 heterocycles. The second-order valence-electron chi connectivity index (χ2n) is 3.54. The topological polar surface area (TPSA) is 83.8 Å². The van der Waals surface area contributed by atoms with Crippen LogP contribution in [0.2, 0.25) is 0 Å². The SMILES string of the molecule is CCOC(=O)CC(=CC(=O)O)c1ccc(O)cc1. The first-order valence-corrected chi connectivity index (χ1v) is 5.41. The summed E-state index contributed by atoms with van der Waals surface area (Å²) in [7, 11) is 0. The quantitative estimate of drug-likeness (QED) is 0.615. The van der Waals surface area contributed by atoms with Crippen LogP contribution in [0, 0.1) is 0 Å². The molecule has 2 N–H and O–H groups in total. The van der Waals surface area contributed by atoms with Gasteiger partial charge in [-0.1, -0.05) is 12.1 Å². The molecule has 0 fully saturated rings. The average molecular weight is 250 g/mol. The van der Waals surface area contributed by atoms with Crippen molar-refractivity contribution in [2.45, 2.75) is 13.3 Å². The van der Waals surface area contributed by atoms with Crippen molar-refractivity contribution in [3.63, 3.8) is 0 Å². The van der Waals surface area contributed by atoms with E-state index in [1.54, 1.807) is 19.1 Å². The summed E-state index contributed by atoms with van der Waals surface area (Å²) in [5, 5.41) is 17.9. The number of esters is 1. The number of ether oxygens (including phenoxy) is 1. The molecule has 0 radical (unpaired) electrons. The minimum Gasteiger partial charge on any atom is -0.508 e. The number of rotatable bonds is 5. The first kappa shape index (κ1) is 13.8. The number of aromatic hydroxyl groups is 1. The molecule has 1 aromatic rings. The van der Waals surface area contributed by atoms with Crippen LogP contribution in [0.1, 0.15) is 18.9 Å². The van der Waals surface area contributed by atoms with Gasteiger partial charge in [-0.05, 0) is 30.2 Å². The Hall–Kier alpha value is -2.30. The molecule has 0 saturated carbocycles. The van der Waals surface area contributed by atoms with Gasteiger partial charge in [0.1, 0.15) is 5.75 Å². The number of aliphatic carboxylic acids is 1. The lowest BCUT2D eigenvalue weighted by molar-refractivity contribution is -0.141. The van der Waals surface area contributed by atoms with Gasteiger partial charge in [-0.15, -0.1) is 0 Å². The molecular weight excluding hydrogens is 236 g/mol. The predicted molar refractivity (Wildman–Crippen MR) is 65.0 cm³/mol. The van der Waals surface area contributed by atoms with Crippen LogP contribution in [-0.4, -0.2) is 28.8 Å². The van der Waals surface area contributed by atoms with Gasteiger partial charge in [0.05, 0.1) is 13.0 Å². The molecule has 5 heteroatoms. The van der Waals surface area contributed by atoms with Gasteiger partial charge in [0.25, 0.3) is 0 Å². The van der Waals surface area contributed by atoms with E-state index in [9.17, 15) is 9.59 Å². The highest BCUT2D eigenvalue weighted by Gasteiger charge is 2.11. The van der Waals surface area contributed by atoms with Gasteiger partial charge in [-0.2, -0.15) is 0 Å². The van der Waals surface area contributed by atoms with Crippen molar-refractivity contribution in [1.29, 1.82) is 0 Å². The van der Waals surface area contributed by atoms with Crippen LogP contribution in [0.3, 0.4) is 0 Å². The Kier molecular flexibility index (Phi) is 4.92. The van der Waals surface area contributed by atoms with Crippen LogP contribution in [0.5, 0.6) is 5.75 Å². The number of hydrogen-bond donors (Lipinski definition) is 2. The van der Waals surface area contributed by atoms with Crippen molar-refractivity contribution in [3.8, 4) is 5.75 Å². The normalized spacial score (nSPS) is 11.1. The van der Waals surface area contributed by atoms with E-state index in [4.69, 9.17) is 14.9 Å². The van der Waals surface area contributed by atoms with Crippen LogP contribution in [0.4, 0.5) is 0 Å². The van der Waals surface area contributed by atoms with Crippen molar-refractivity contribution in [3.05, 3.63) is 35.9 Å². The number of carboxylic acids is 1. The number of carboxylic acid groups (broad SMARTS) is 1. The molecule has 96 valence electrons. The molecule has 18 heavy (non-hydrogen) atoms. The molecule has 1 aromatic carbocycles. The van der Waals surface area contributed by atoms with Crippen molar-refractivity contribution in [1.82, 2.24) is 0 Å². The predicted octanol–water partition coefficient (Wildman–Crippen LogP) is 1.81. The van der Waals surface area contributed by atoms with Crippen LogP contribution in [0.15, 0.2) is 30.3 Å². The Morgan fingerprint density at radius 1 is 1.28 bits per heavy atom. The van der Waals surface area contributed by atoms with Gasteiger partial charge < -0.3 is 14.9 Å². The first-order valence-electron chi connectivity index (χ1n) is 5.41. The van der Waals surface area contributed by atoms with Gasteiger partial charge >= 0.3 is 11.9 Å². The minimum absolute atomic E-state index is 0.0737. The molecule has 0 aliphatic carbocycles. The second kappa shape index (κ2) is 6.44. The van der Waals surface area contributed by atoms with Crippen molar-refractivity contribution < 1.29 is 24.5 Å². The number of phenolic OH excluding ortho intramolecular Hbond substituents is 1. The summed E-state index contributed by atoms with van der Waals surface area (Å²) in [5.74, 6) is -1.55. The summed E-state index contributed by atoms with van der Waals surface area (Å²) in [6.45, 7) is 1.92. The number of carbonyl (C=O) groups is 2. The van der Waals surface area contributed by atoms with E-state index in [-0.39, 0.29) is 18.8 Å². The Labute approximate surface area is 104 Å². The maximum Gasteiger partial charge on any atom is 0.328 e. The Morgan fingerprint density at radius 3 is 2.39 bits per heavy atom. The fourth-order valence-electron chi connectivity index (χ4n) is 1.43. The molecule has 0 atom stereocenters. The maximum atomic E-state index is 11.4. The molecule has 0 aliphatic heterocycles. The third kappa shape index (κ3) is 4.29. The van der Waals surface area contributed by atoms with Gasteiger partial charge in [-0.3, -0.25) is 4.79 Å². The summed E-state index contributed by atoms with van der Waals surface area (Å²) < 4.78 is 4.78. The van der Waals surface area contributed by atoms with Gasteiger partial charge in [0.15, 0.2) is 0 Å². The highest BCUT2D eigenvalue weighted by molar-refractivity contribution is 5.95. The standard InChI is InChI=1S/C13H14O5/c1-2-18-13(17)8-10(7-12(15)16)9-3-5-11(14)6-4-9/h3-7,14H,2,8H2,1H3,(H,15,16). The molecule has 0 bridgehead atoms. The number of carbonyl (C=O) groups excluding carboxylic acids is 1. The first-order chi connectivity index (χ1) is 8.52. The van der Waals surface area contributed by atoms with Crippen LogP contribution in [-0.2, 0) is 14.3 Å². The summed E-state index contributed by atoms with van der Waals surface area (Å²) in [4.78, 5) is 22.1. The van der Waals surface area contributed by atoms with E-state index in [2.05, 4.69) is 0 Å². The van der Waals surface area contributed by atoms with Crippen molar-refractivity contribution in [2.75, 3.05) is 6.61 Å². The number of benzene rings is 1. The molecule has 1 rings (SSSR count). The Balaban J connectivity index is 2.95. The monoisotopic (exact) mass is 250 g/mol. The molecule has 0 saturated heterocycles. The van der Waals surface area contributed by atoms with E-state index < -0.39 is 11.9 Å².